The zero-order chi connectivity index (χ0) is 9.84. The molecule has 0 fully saturated rings. The average molecular weight is 262 g/mol. The Bertz CT molecular complexity index is 270. The number of hydrogen-bond donors (Lipinski definition) is 1. The Kier molecular flexibility index (Phi) is 4.42. The molecule has 1 rings (SSSR count). The minimum absolute atomic E-state index is 0.658. The van der Waals surface area contributed by atoms with Gasteiger partial charge in [0.1, 0.15) is 0 Å². The second-order valence-corrected chi connectivity index (χ2v) is 5.30. The first-order chi connectivity index (χ1) is 6.19. The monoisotopic (exact) mass is 261 g/mol. The summed E-state index contributed by atoms with van der Waals surface area (Å²) in [5.74, 6) is 0.658. The third-order valence-corrected chi connectivity index (χ3v) is 4.56. The molecule has 1 aromatic rings. The Labute approximate surface area is 92.5 Å². The van der Waals surface area contributed by atoms with E-state index in [9.17, 15) is 0 Å². The lowest BCUT2D eigenvalue weighted by Gasteiger charge is -2.05. The van der Waals surface area contributed by atoms with Gasteiger partial charge in [-0.1, -0.05) is 13.8 Å². The third-order valence-electron chi connectivity index (χ3n) is 2.21. The summed E-state index contributed by atoms with van der Waals surface area (Å²) in [6.45, 7) is 5.23. The van der Waals surface area contributed by atoms with Gasteiger partial charge < -0.3 is 5.73 Å². The average Bonchev–Trinajstić information content (AvgIpc) is 2.46. The van der Waals surface area contributed by atoms with Crippen LogP contribution in [0.25, 0.3) is 0 Å². The fourth-order valence-corrected chi connectivity index (χ4v) is 3.48. The molecule has 2 N–H and O–H groups in total. The van der Waals surface area contributed by atoms with Gasteiger partial charge in [-0.05, 0) is 47.3 Å². The van der Waals surface area contributed by atoms with Crippen LogP contribution >= 0.6 is 27.3 Å². The van der Waals surface area contributed by atoms with Gasteiger partial charge in [0.2, 0.25) is 0 Å². The highest BCUT2D eigenvalue weighted by Gasteiger charge is 2.11. The Balaban J connectivity index is 2.82. The molecule has 1 unspecified atom stereocenters. The molecule has 1 atom stereocenters. The molecule has 3 heteroatoms. The van der Waals surface area contributed by atoms with Crippen molar-refractivity contribution in [3.05, 3.63) is 20.3 Å². The van der Waals surface area contributed by atoms with E-state index in [0.717, 1.165) is 13.0 Å². The Hall–Kier alpha value is 0.140. The summed E-state index contributed by atoms with van der Waals surface area (Å²) >= 11 is 5.49. The van der Waals surface area contributed by atoms with Crippen molar-refractivity contribution in [3.63, 3.8) is 0 Å². The van der Waals surface area contributed by atoms with Gasteiger partial charge in [0.15, 0.2) is 0 Å². The van der Waals surface area contributed by atoms with Gasteiger partial charge in [-0.25, -0.2) is 0 Å². The molecule has 0 aromatic carbocycles. The SMILES string of the molecule is CCC(C)c1sc(CCN)cc1Br. The maximum Gasteiger partial charge on any atom is 0.0320 e. The Morgan fingerprint density at radius 2 is 2.31 bits per heavy atom. The van der Waals surface area contributed by atoms with Crippen molar-refractivity contribution in [3.8, 4) is 0 Å². The lowest BCUT2D eigenvalue weighted by Crippen LogP contribution is -2.00. The first-order valence-corrected chi connectivity index (χ1v) is 6.28. The Morgan fingerprint density at radius 3 is 2.85 bits per heavy atom. The maximum absolute atomic E-state index is 5.52. The second kappa shape index (κ2) is 5.13. The smallest absolute Gasteiger partial charge is 0.0320 e. The fourth-order valence-electron chi connectivity index (χ4n) is 1.22. The molecule has 0 radical (unpaired) electrons. The molecule has 0 aliphatic heterocycles. The molecule has 0 spiro atoms. The Morgan fingerprint density at radius 1 is 1.62 bits per heavy atom. The maximum atomic E-state index is 5.52. The number of nitrogens with two attached hydrogens (primary N) is 1. The molecule has 1 aromatic heterocycles. The normalized spacial score (nSPS) is 13.2. The summed E-state index contributed by atoms with van der Waals surface area (Å²) in [5, 5.41) is 0. The van der Waals surface area contributed by atoms with Gasteiger partial charge in [-0.3, -0.25) is 0 Å². The van der Waals surface area contributed by atoms with E-state index in [4.69, 9.17) is 5.73 Å². The quantitative estimate of drug-likeness (QED) is 0.882. The molecule has 0 bridgehead atoms. The van der Waals surface area contributed by atoms with E-state index in [2.05, 4.69) is 35.8 Å². The number of thiophene rings is 1. The number of hydrogen-bond acceptors (Lipinski definition) is 2. The van der Waals surface area contributed by atoms with Crippen molar-refractivity contribution in [1.82, 2.24) is 0 Å². The fraction of sp³-hybridized carbons (Fsp3) is 0.600. The first kappa shape index (κ1) is 11.2. The van der Waals surface area contributed by atoms with E-state index in [1.54, 1.807) is 0 Å². The number of rotatable bonds is 4. The van der Waals surface area contributed by atoms with Crippen LogP contribution in [0.1, 0.15) is 35.9 Å². The van der Waals surface area contributed by atoms with Crippen molar-refractivity contribution in [2.75, 3.05) is 6.54 Å². The van der Waals surface area contributed by atoms with Gasteiger partial charge in [-0.15, -0.1) is 11.3 Å². The van der Waals surface area contributed by atoms with Crippen LogP contribution in [-0.2, 0) is 6.42 Å². The van der Waals surface area contributed by atoms with Gasteiger partial charge >= 0.3 is 0 Å². The van der Waals surface area contributed by atoms with Crippen molar-refractivity contribution in [2.45, 2.75) is 32.6 Å². The van der Waals surface area contributed by atoms with E-state index >= 15 is 0 Å². The van der Waals surface area contributed by atoms with E-state index in [1.807, 2.05) is 11.3 Å². The molecular formula is C10H16BrNS. The van der Waals surface area contributed by atoms with Gasteiger partial charge in [0, 0.05) is 14.2 Å². The zero-order valence-corrected chi connectivity index (χ0v) is 10.5. The summed E-state index contributed by atoms with van der Waals surface area (Å²) in [6, 6.07) is 2.21. The van der Waals surface area contributed by atoms with Gasteiger partial charge in [-0.2, -0.15) is 0 Å². The summed E-state index contributed by atoms with van der Waals surface area (Å²) in [7, 11) is 0. The van der Waals surface area contributed by atoms with Crippen LogP contribution in [-0.4, -0.2) is 6.54 Å². The van der Waals surface area contributed by atoms with E-state index in [1.165, 1.54) is 20.6 Å². The largest absolute Gasteiger partial charge is 0.330 e. The summed E-state index contributed by atoms with van der Waals surface area (Å²) in [6.07, 6.45) is 2.20. The molecular weight excluding hydrogens is 246 g/mol. The molecule has 1 nitrogen and oxygen atoms in total. The summed E-state index contributed by atoms with van der Waals surface area (Å²) < 4.78 is 1.26. The summed E-state index contributed by atoms with van der Waals surface area (Å²) in [4.78, 5) is 2.86. The van der Waals surface area contributed by atoms with Crippen LogP contribution in [0.4, 0.5) is 0 Å². The summed E-state index contributed by atoms with van der Waals surface area (Å²) in [5.41, 5.74) is 5.52. The van der Waals surface area contributed by atoms with Gasteiger partial charge in [0.25, 0.3) is 0 Å². The molecule has 0 aliphatic carbocycles. The van der Waals surface area contributed by atoms with E-state index in [-0.39, 0.29) is 0 Å². The third kappa shape index (κ3) is 2.79. The van der Waals surface area contributed by atoms with Crippen LogP contribution in [0, 0.1) is 0 Å². The highest BCUT2D eigenvalue weighted by atomic mass is 79.9. The number of halogens is 1. The highest BCUT2D eigenvalue weighted by Crippen LogP contribution is 2.34. The molecule has 0 saturated carbocycles. The second-order valence-electron chi connectivity index (χ2n) is 3.27. The standard InChI is InChI=1S/C10H16BrNS/c1-3-7(2)10-9(11)6-8(13-10)4-5-12/h6-7H,3-5,12H2,1-2H3. The van der Waals surface area contributed by atoms with Gasteiger partial charge in [0.05, 0.1) is 0 Å². The van der Waals surface area contributed by atoms with Crippen molar-refractivity contribution in [2.24, 2.45) is 5.73 Å². The van der Waals surface area contributed by atoms with Crippen LogP contribution in [0.2, 0.25) is 0 Å². The molecule has 0 aliphatic rings. The minimum atomic E-state index is 0.658. The van der Waals surface area contributed by atoms with Crippen LogP contribution < -0.4 is 5.73 Å². The minimum Gasteiger partial charge on any atom is -0.330 e. The van der Waals surface area contributed by atoms with Crippen molar-refractivity contribution in [1.29, 1.82) is 0 Å². The first-order valence-electron chi connectivity index (χ1n) is 4.67. The van der Waals surface area contributed by atoms with E-state index in [0.29, 0.717) is 5.92 Å². The van der Waals surface area contributed by atoms with Crippen molar-refractivity contribution >= 4 is 27.3 Å². The predicted molar refractivity (Wildman–Crippen MR) is 63.5 cm³/mol. The highest BCUT2D eigenvalue weighted by molar-refractivity contribution is 9.10. The topological polar surface area (TPSA) is 26.0 Å². The van der Waals surface area contributed by atoms with Crippen molar-refractivity contribution < 1.29 is 0 Å². The van der Waals surface area contributed by atoms with Crippen LogP contribution in [0.15, 0.2) is 10.5 Å². The zero-order valence-electron chi connectivity index (χ0n) is 8.14. The lowest BCUT2D eigenvalue weighted by molar-refractivity contribution is 0.745. The molecule has 13 heavy (non-hydrogen) atoms. The molecule has 74 valence electrons. The van der Waals surface area contributed by atoms with E-state index < -0.39 is 0 Å². The lowest BCUT2D eigenvalue weighted by atomic mass is 10.1. The van der Waals surface area contributed by atoms with Crippen LogP contribution in [0.3, 0.4) is 0 Å². The molecule has 1 heterocycles. The molecule has 0 amide bonds. The predicted octanol–water partition coefficient (Wildman–Crippen LogP) is 3.53. The van der Waals surface area contributed by atoms with Crippen LogP contribution in [0.5, 0.6) is 0 Å². The molecule has 0 saturated heterocycles.